The van der Waals surface area contributed by atoms with Gasteiger partial charge in [0.05, 0.1) is 0 Å². The molecule has 0 bridgehead atoms. The number of nitrogens with one attached hydrogen (secondary N) is 2. The molecule has 92 valence electrons. The number of aryl methyl sites for hydroxylation is 1. The van der Waals surface area contributed by atoms with Crippen LogP contribution in [0.2, 0.25) is 5.02 Å². The Labute approximate surface area is 110 Å². The lowest BCUT2D eigenvalue weighted by atomic mass is 10.3. The number of carbonyl (C=O) groups excluding carboxylic acids is 1. The molecule has 2 rings (SSSR count). The summed E-state index contributed by atoms with van der Waals surface area (Å²) < 4.78 is 0. The molecule has 1 aromatic carbocycles. The fourth-order valence-electron chi connectivity index (χ4n) is 1.45. The van der Waals surface area contributed by atoms with Crippen molar-refractivity contribution in [1.29, 1.82) is 0 Å². The minimum absolute atomic E-state index is 0.352. The zero-order valence-electron chi connectivity index (χ0n) is 9.77. The Balaban J connectivity index is 2.01. The Hall–Kier alpha value is -2.07. The van der Waals surface area contributed by atoms with Crippen molar-refractivity contribution < 1.29 is 4.79 Å². The molecule has 1 heterocycles. The normalized spacial score (nSPS) is 9.89. The molecular weight excluding hydrogens is 250 g/mol. The largest absolute Gasteiger partial charge is 0.324 e. The van der Waals surface area contributed by atoms with E-state index >= 15 is 0 Å². The van der Waals surface area contributed by atoms with E-state index in [1.165, 1.54) is 0 Å². The Kier molecular flexibility index (Phi) is 3.79. The van der Waals surface area contributed by atoms with E-state index in [9.17, 15) is 4.79 Å². The van der Waals surface area contributed by atoms with Crippen LogP contribution in [0.1, 0.15) is 5.56 Å². The number of benzene rings is 1. The molecule has 0 spiro atoms. The quantitative estimate of drug-likeness (QED) is 0.866. The topological polar surface area (TPSA) is 54.0 Å². The summed E-state index contributed by atoms with van der Waals surface area (Å²) in [6.45, 7) is 1.93. The van der Waals surface area contributed by atoms with Gasteiger partial charge < -0.3 is 5.32 Å². The number of urea groups is 1. The van der Waals surface area contributed by atoms with Crippen molar-refractivity contribution in [3.05, 3.63) is 53.2 Å². The van der Waals surface area contributed by atoms with Gasteiger partial charge in [-0.25, -0.2) is 9.78 Å². The first-order valence-corrected chi connectivity index (χ1v) is 5.77. The molecule has 2 aromatic rings. The number of rotatable bonds is 2. The van der Waals surface area contributed by atoms with Crippen LogP contribution in [0.3, 0.4) is 0 Å². The number of hydrogen-bond acceptors (Lipinski definition) is 2. The first-order chi connectivity index (χ1) is 8.63. The van der Waals surface area contributed by atoms with Crippen LogP contribution in [0.25, 0.3) is 0 Å². The first-order valence-electron chi connectivity index (χ1n) is 5.40. The van der Waals surface area contributed by atoms with Crippen molar-refractivity contribution in [3.63, 3.8) is 0 Å². The monoisotopic (exact) mass is 261 g/mol. The second-order valence-electron chi connectivity index (χ2n) is 3.81. The standard InChI is InChI=1S/C13H12ClN3O/c1-9-5-6-15-12(7-9)17-13(18)16-11-4-2-3-10(14)8-11/h2-8H,1H3,(H2,15,16,17,18). The predicted molar refractivity (Wildman–Crippen MR) is 73.1 cm³/mol. The Bertz CT molecular complexity index is 522. The lowest BCUT2D eigenvalue weighted by Crippen LogP contribution is -2.20. The molecule has 0 atom stereocenters. The highest BCUT2D eigenvalue weighted by Gasteiger charge is 2.03. The van der Waals surface area contributed by atoms with E-state index in [0.29, 0.717) is 16.5 Å². The lowest BCUT2D eigenvalue weighted by molar-refractivity contribution is 0.262. The number of amides is 2. The van der Waals surface area contributed by atoms with Gasteiger partial charge in [-0.1, -0.05) is 17.7 Å². The Morgan fingerprint density at radius 2 is 2.06 bits per heavy atom. The molecule has 0 aliphatic rings. The van der Waals surface area contributed by atoms with Gasteiger partial charge in [0, 0.05) is 16.9 Å². The van der Waals surface area contributed by atoms with E-state index in [1.807, 2.05) is 13.0 Å². The SMILES string of the molecule is Cc1ccnc(NC(=O)Nc2cccc(Cl)c2)c1. The maximum atomic E-state index is 11.7. The van der Waals surface area contributed by atoms with Gasteiger partial charge in [0.15, 0.2) is 0 Å². The fraction of sp³-hybridized carbons (Fsp3) is 0.0769. The third kappa shape index (κ3) is 3.46. The summed E-state index contributed by atoms with van der Waals surface area (Å²) in [5, 5.41) is 5.89. The van der Waals surface area contributed by atoms with Crippen LogP contribution < -0.4 is 10.6 Å². The Morgan fingerprint density at radius 3 is 2.78 bits per heavy atom. The van der Waals surface area contributed by atoms with Crippen LogP contribution >= 0.6 is 11.6 Å². The molecule has 0 saturated carbocycles. The smallest absolute Gasteiger partial charge is 0.308 e. The zero-order chi connectivity index (χ0) is 13.0. The van der Waals surface area contributed by atoms with Gasteiger partial charge in [0.25, 0.3) is 0 Å². The summed E-state index contributed by atoms with van der Waals surface area (Å²) in [6, 6.07) is 10.2. The molecule has 4 nitrogen and oxygen atoms in total. The summed E-state index contributed by atoms with van der Waals surface area (Å²) >= 11 is 5.83. The van der Waals surface area contributed by atoms with Crippen LogP contribution in [0, 0.1) is 6.92 Å². The molecule has 2 N–H and O–H groups in total. The van der Waals surface area contributed by atoms with Crippen LogP contribution in [0.4, 0.5) is 16.3 Å². The van der Waals surface area contributed by atoms with E-state index in [4.69, 9.17) is 11.6 Å². The molecule has 18 heavy (non-hydrogen) atoms. The molecule has 0 fully saturated rings. The molecule has 0 unspecified atom stereocenters. The van der Waals surface area contributed by atoms with E-state index < -0.39 is 0 Å². The van der Waals surface area contributed by atoms with Gasteiger partial charge in [-0.15, -0.1) is 0 Å². The first kappa shape index (κ1) is 12.4. The number of pyridine rings is 1. The second-order valence-corrected chi connectivity index (χ2v) is 4.24. The summed E-state index contributed by atoms with van der Waals surface area (Å²) in [5.41, 5.74) is 1.66. The summed E-state index contributed by atoms with van der Waals surface area (Å²) in [5.74, 6) is 0.509. The number of anilines is 2. The molecule has 0 radical (unpaired) electrons. The fourth-order valence-corrected chi connectivity index (χ4v) is 1.64. The van der Waals surface area contributed by atoms with Crippen molar-refractivity contribution in [1.82, 2.24) is 4.98 Å². The van der Waals surface area contributed by atoms with Gasteiger partial charge in [0.2, 0.25) is 0 Å². The predicted octanol–water partition coefficient (Wildman–Crippen LogP) is 3.69. The molecule has 0 saturated heterocycles. The third-order valence-electron chi connectivity index (χ3n) is 2.24. The zero-order valence-corrected chi connectivity index (χ0v) is 10.5. The van der Waals surface area contributed by atoms with E-state index in [1.54, 1.807) is 36.5 Å². The van der Waals surface area contributed by atoms with E-state index in [-0.39, 0.29) is 6.03 Å². The van der Waals surface area contributed by atoms with Crippen LogP contribution in [0.15, 0.2) is 42.6 Å². The Morgan fingerprint density at radius 1 is 1.22 bits per heavy atom. The average Bonchev–Trinajstić information content (AvgIpc) is 2.28. The molecule has 0 aliphatic carbocycles. The van der Waals surface area contributed by atoms with Gasteiger partial charge >= 0.3 is 6.03 Å². The number of carbonyl (C=O) groups is 1. The highest BCUT2D eigenvalue weighted by molar-refractivity contribution is 6.30. The molecule has 1 aromatic heterocycles. The van der Waals surface area contributed by atoms with E-state index in [2.05, 4.69) is 15.6 Å². The van der Waals surface area contributed by atoms with Gasteiger partial charge in [-0.3, -0.25) is 5.32 Å². The number of halogens is 1. The molecule has 5 heteroatoms. The van der Waals surface area contributed by atoms with Crippen molar-refractivity contribution in [2.45, 2.75) is 6.92 Å². The van der Waals surface area contributed by atoms with E-state index in [0.717, 1.165) is 5.56 Å². The van der Waals surface area contributed by atoms with Crippen molar-refractivity contribution >= 4 is 29.1 Å². The van der Waals surface area contributed by atoms with Crippen molar-refractivity contribution in [2.75, 3.05) is 10.6 Å². The maximum absolute atomic E-state index is 11.7. The average molecular weight is 262 g/mol. The summed E-state index contributed by atoms with van der Waals surface area (Å²) in [4.78, 5) is 15.7. The highest BCUT2D eigenvalue weighted by atomic mass is 35.5. The van der Waals surface area contributed by atoms with Gasteiger partial charge in [-0.2, -0.15) is 0 Å². The lowest BCUT2D eigenvalue weighted by Gasteiger charge is -2.07. The maximum Gasteiger partial charge on any atom is 0.324 e. The van der Waals surface area contributed by atoms with Crippen LogP contribution in [-0.4, -0.2) is 11.0 Å². The number of nitrogens with zero attached hydrogens (tertiary/aromatic N) is 1. The summed E-state index contributed by atoms with van der Waals surface area (Å²) in [6.07, 6.45) is 1.64. The second kappa shape index (κ2) is 5.51. The van der Waals surface area contributed by atoms with Crippen LogP contribution in [0.5, 0.6) is 0 Å². The third-order valence-corrected chi connectivity index (χ3v) is 2.47. The minimum Gasteiger partial charge on any atom is -0.308 e. The van der Waals surface area contributed by atoms with Crippen LogP contribution in [-0.2, 0) is 0 Å². The molecular formula is C13H12ClN3O. The number of hydrogen-bond donors (Lipinski definition) is 2. The minimum atomic E-state index is -0.352. The van der Waals surface area contributed by atoms with Crippen molar-refractivity contribution in [2.24, 2.45) is 0 Å². The van der Waals surface area contributed by atoms with Gasteiger partial charge in [-0.05, 0) is 42.8 Å². The molecule has 2 amide bonds. The summed E-state index contributed by atoms with van der Waals surface area (Å²) in [7, 11) is 0. The number of aromatic nitrogens is 1. The van der Waals surface area contributed by atoms with Crippen molar-refractivity contribution in [3.8, 4) is 0 Å². The highest BCUT2D eigenvalue weighted by Crippen LogP contribution is 2.15. The van der Waals surface area contributed by atoms with Gasteiger partial charge in [0.1, 0.15) is 5.82 Å². The molecule has 0 aliphatic heterocycles.